The first-order valence-electron chi connectivity index (χ1n) is 14.1. The van der Waals surface area contributed by atoms with Crippen molar-refractivity contribution in [1.82, 2.24) is 19.8 Å². The minimum absolute atomic E-state index is 0.0794. The fourth-order valence-corrected chi connectivity index (χ4v) is 6.52. The SMILES string of the molecule is CC(C)(C)OC(=O)N1CC(S(=O)(=O)NCCCCCCCc2ccc3c(c2)C(=O)N(C2CCC(=O)NC2=O)C3=O)C1. The second kappa shape index (κ2) is 12.3. The molecule has 2 fully saturated rings. The number of nitrogens with one attached hydrogen (secondary N) is 2. The third kappa shape index (κ3) is 7.31. The molecule has 3 aliphatic heterocycles. The standard InChI is InChI=1S/C28H38N4O8S/c1-28(2,3)40-27(37)31-16-19(17-31)41(38,39)29-14-8-6-4-5-7-9-18-10-11-20-21(15-18)26(36)32(25(20)35)22-12-13-23(33)30-24(22)34/h10-11,15,19,22,29H,4-9,12-14,16-17H2,1-3H3,(H,30,33,34). The molecule has 1 atom stereocenters. The van der Waals surface area contributed by atoms with E-state index in [2.05, 4.69) is 10.0 Å². The van der Waals surface area contributed by atoms with Gasteiger partial charge in [0.05, 0.1) is 11.1 Å². The zero-order chi connectivity index (χ0) is 29.9. The number of imide groups is 2. The smallest absolute Gasteiger partial charge is 0.410 e. The normalized spacial score (nSPS) is 19.7. The van der Waals surface area contributed by atoms with E-state index < -0.39 is 56.6 Å². The Kier molecular flexibility index (Phi) is 9.17. The van der Waals surface area contributed by atoms with E-state index in [1.165, 1.54) is 4.90 Å². The molecular formula is C28H38N4O8S. The van der Waals surface area contributed by atoms with Crippen LogP contribution in [0.4, 0.5) is 4.79 Å². The summed E-state index contributed by atoms with van der Waals surface area (Å²) in [6.07, 6.45) is 4.69. The Bertz CT molecular complexity index is 1330. The highest BCUT2D eigenvalue weighted by atomic mass is 32.2. The molecular weight excluding hydrogens is 552 g/mol. The van der Waals surface area contributed by atoms with Crippen LogP contribution in [0.5, 0.6) is 0 Å². The number of ether oxygens (including phenoxy) is 1. The van der Waals surface area contributed by atoms with E-state index in [0.717, 1.165) is 42.6 Å². The van der Waals surface area contributed by atoms with E-state index in [1.54, 1.807) is 32.9 Å². The molecule has 3 aliphatic rings. The van der Waals surface area contributed by atoms with Gasteiger partial charge in [-0.15, -0.1) is 0 Å². The molecule has 2 saturated heterocycles. The van der Waals surface area contributed by atoms with Gasteiger partial charge in [-0.2, -0.15) is 0 Å². The van der Waals surface area contributed by atoms with Gasteiger partial charge in [0.1, 0.15) is 16.9 Å². The first-order valence-corrected chi connectivity index (χ1v) is 15.6. The number of nitrogens with zero attached hydrogens (tertiary/aromatic N) is 2. The van der Waals surface area contributed by atoms with Crippen LogP contribution in [-0.2, 0) is 30.8 Å². The second-order valence-corrected chi connectivity index (χ2v) is 13.8. The lowest BCUT2D eigenvalue weighted by molar-refractivity contribution is -0.136. The Morgan fingerprint density at radius 2 is 1.66 bits per heavy atom. The van der Waals surface area contributed by atoms with Gasteiger partial charge in [-0.1, -0.05) is 25.3 Å². The average Bonchev–Trinajstić information content (AvgIpc) is 3.08. The van der Waals surface area contributed by atoms with Crippen molar-refractivity contribution >= 4 is 39.7 Å². The number of likely N-dealkylation sites (tertiary alicyclic amines) is 1. The van der Waals surface area contributed by atoms with Crippen molar-refractivity contribution < 1.29 is 37.1 Å². The number of hydrogen-bond donors (Lipinski definition) is 2. The lowest BCUT2D eigenvalue weighted by Crippen LogP contribution is -2.60. The van der Waals surface area contributed by atoms with E-state index in [1.807, 2.05) is 6.07 Å². The summed E-state index contributed by atoms with van der Waals surface area (Å²) in [6, 6.07) is 4.17. The first kappa shape index (κ1) is 30.6. The largest absolute Gasteiger partial charge is 0.444 e. The maximum atomic E-state index is 13.0. The van der Waals surface area contributed by atoms with Crippen LogP contribution in [0, 0.1) is 0 Å². The van der Waals surface area contributed by atoms with Gasteiger partial charge < -0.3 is 9.64 Å². The van der Waals surface area contributed by atoms with Crippen LogP contribution < -0.4 is 10.0 Å². The molecule has 1 aromatic carbocycles. The minimum Gasteiger partial charge on any atom is -0.444 e. The predicted octanol–water partition coefficient (Wildman–Crippen LogP) is 2.12. The number of carbonyl (C=O) groups is 5. The number of unbranched alkanes of at least 4 members (excludes halogenated alkanes) is 4. The average molecular weight is 591 g/mol. The summed E-state index contributed by atoms with van der Waals surface area (Å²) in [4.78, 5) is 63.8. The zero-order valence-corrected chi connectivity index (χ0v) is 24.6. The Morgan fingerprint density at radius 3 is 2.34 bits per heavy atom. The van der Waals surface area contributed by atoms with Gasteiger partial charge in [0.2, 0.25) is 21.8 Å². The Hall–Kier alpha value is -3.32. The highest BCUT2D eigenvalue weighted by Gasteiger charge is 2.44. The van der Waals surface area contributed by atoms with Crippen LogP contribution in [0.25, 0.3) is 0 Å². The number of carbonyl (C=O) groups excluding carboxylic acids is 5. The second-order valence-electron chi connectivity index (χ2n) is 11.8. The van der Waals surface area contributed by atoms with Crippen molar-refractivity contribution in [3.63, 3.8) is 0 Å². The molecule has 5 amide bonds. The van der Waals surface area contributed by atoms with Gasteiger partial charge in [0, 0.05) is 26.1 Å². The van der Waals surface area contributed by atoms with Crippen molar-refractivity contribution in [2.24, 2.45) is 0 Å². The van der Waals surface area contributed by atoms with E-state index in [9.17, 15) is 32.4 Å². The molecule has 1 aromatic rings. The molecule has 0 aliphatic carbocycles. The molecule has 4 rings (SSSR count). The molecule has 1 unspecified atom stereocenters. The van der Waals surface area contributed by atoms with Crippen LogP contribution in [0.1, 0.15) is 92.0 Å². The summed E-state index contributed by atoms with van der Waals surface area (Å²) in [6.45, 7) is 5.89. The molecule has 224 valence electrons. The van der Waals surface area contributed by atoms with Gasteiger partial charge in [-0.3, -0.25) is 29.4 Å². The number of benzene rings is 1. The number of piperidine rings is 1. The van der Waals surface area contributed by atoms with Crippen molar-refractivity contribution in [2.45, 2.75) is 89.0 Å². The van der Waals surface area contributed by atoms with E-state index in [0.29, 0.717) is 13.0 Å². The minimum atomic E-state index is -3.49. The van der Waals surface area contributed by atoms with E-state index >= 15 is 0 Å². The van der Waals surface area contributed by atoms with Gasteiger partial charge in [0.25, 0.3) is 11.8 Å². The van der Waals surface area contributed by atoms with Crippen molar-refractivity contribution in [3.8, 4) is 0 Å². The molecule has 0 bridgehead atoms. The third-order valence-corrected chi connectivity index (χ3v) is 9.17. The van der Waals surface area contributed by atoms with Crippen LogP contribution in [0.15, 0.2) is 18.2 Å². The maximum absolute atomic E-state index is 13.0. The number of sulfonamides is 1. The summed E-state index contributed by atoms with van der Waals surface area (Å²) in [7, 11) is -3.49. The van der Waals surface area contributed by atoms with Crippen molar-refractivity contribution in [1.29, 1.82) is 0 Å². The lowest BCUT2D eigenvalue weighted by Gasteiger charge is -2.39. The molecule has 0 spiro atoms. The molecule has 0 saturated carbocycles. The third-order valence-electron chi connectivity index (χ3n) is 7.39. The van der Waals surface area contributed by atoms with Gasteiger partial charge in [-0.05, 0) is 64.2 Å². The monoisotopic (exact) mass is 590 g/mol. The summed E-state index contributed by atoms with van der Waals surface area (Å²) in [5.74, 6) is -2.06. The fourth-order valence-electron chi connectivity index (χ4n) is 5.10. The Labute approximate surface area is 240 Å². The quantitative estimate of drug-likeness (QED) is 0.293. The molecule has 2 N–H and O–H groups in total. The summed E-state index contributed by atoms with van der Waals surface area (Å²) < 4.78 is 32.8. The number of fused-ring (bicyclic) bond motifs is 1. The first-order chi connectivity index (χ1) is 19.3. The topological polar surface area (TPSA) is 159 Å². The maximum Gasteiger partial charge on any atom is 0.410 e. The number of amides is 5. The van der Waals surface area contributed by atoms with Gasteiger partial charge in [-0.25, -0.2) is 17.9 Å². The van der Waals surface area contributed by atoms with E-state index in [4.69, 9.17) is 4.74 Å². The number of hydrogen-bond acceptors (Lipinski definition) is 8. The lowest BCUT2D eigenvalue weighted by atomic mass is 10.0. The predicted molar refractivity (Wildman–Crippen MR) is 148 cm³/mol. The van der Waals surface area contributed by atoms with Crippen LogP contribution in [0.2, 0.25) is 0 Å². The molecule has 0 aromatic heterocycles. The highest BCUT2D eigenvalue weighted by molar-refractivity contribution is 7.90. The molecule has 12 nitrogen and oxygen atoms in total. The Balaban J connectivity index is 1.13. The zero-order valence-electron chi connectivity index (χ0n) is 23.7. The molecule has 13 heteroatoms. The molecule has 0 radical (unpaired) electrons. The Morgan fingerprint density at radius 1 is 1.00 bits per heavy atom. The highest BCUT2D eigenvalue weighted by Crippen LogP contribution is 2.29. The molecule has 3 heterocycles. The fraction of sp³-hybridized carbons (Fsp3) is 0.607. The number of rotatable bonds is 11. The van der Waals surface area contributed by atoms with Gasteiger partial charge in [0.15, 0.2) is 0 Å². The van der Waals surface area contributed by atoms with Crippen LogP contribution >= 0.6 is 0 Å². The van der Waals surface area contributed by atoms with Crippen molar-refractivity contribution in [3.05, 3.63) is 34.9 Å². The van der Waals surface area contributed by atoms with E-state index in [-0.39, 0.29) is 37.1 Å². The number of aryl methyl sites for hydroxylation is 1. The van der Waals surface area contributed by atoms with Gasteiger partial charge >= 0.3 is 6.09 Å². The molecule has 41 heavy (non-hydrogen) atoms. The van der Waals surface area contributed by atoms with Crippen LogP contribution in [0.3, 0.4) is 0 Å². The van der Waals surface area contributed by atoms with Crippen molar-refractivity contribution in [2.75, 3.05) is 19.6 Å². The summed E-state index contributed by atoms with van der Waals surface area (Å²) >= 11 is 0. The summed E-state index contributed by atoms with van der Waals surface area (Å²) in [5, 5.41) is 1.57. The van der Waals surface area contributed by atoms with Crippen LogP contribution in [-0.4, -0.2) is 84.5 Å². The summed E-state index contributed by atoms with van der Waals surface area (Å²) in [5.41, 5.74) is 0.848.